The van der Waals surface area contributed by atoms with Crippen molar-refractivity contribution in [3.05, 3.63) is 15.3 Å². The maximum Gasteiger partial charge on any atom is 2.00 e. The number of hydrogen-bond acceptors (Lipinski definition) is 14. The molecule has 0 saturated heterocycles. The summed E-state index contributed by atoms with van der Waals surface area (Å²) in [6.45, 7) is 0. The Balaban J connectivity index is -0.0000000174. The molecule has 0 aliphatic carbocycles. The third-order valence-electron chi connectivity index (χ3n) is 0. The van der Waals surface area contributed by atoms with Crippen LogP contribution in [-0.2, 0) is 36.7 Å². The molecule has 0 spiro atoms. The van der Waals surface area contributed by atoms with Crippen molar-refractivity contribution >= 4 is 77.7 Å². The minimum atomic E-state index is -5.39. The molecule has 0 rings (SSSR count). The fraction of sp³-hybridized carbons (Fsp3) is 0. The van der Waals surface area contributed by atoms with Crippen molar-refractivity contribution < 1.29 is 72.7 Å². The first kappa shape index (κ1) is 63.0. The SMILES string of the molecule is O=P([O-])([O-])[O-].O=S(=O)(O)O.O=S(=O)([O-])[O-].O=S(O)O.O=[N+]([O-])[O-].[Ca+2].[NH4+].[NH4+].[NH4+].[NH4+]. The molecule has 0 bridgehead atoms. The molecule has 0 heterocycles. The van der Waals surface area contributed by atoms with Crippen LogP contribution in [0.1, 0.15) is 0 Å². The van der Waals surface area contributed by atoms with Gasteiger partial charge in [-0.1, -0.05) is 0 Å². The van der Waals surface area contributed by atoms with Crippen LogP contribution in [-0.4, -0.2) is 91.2 Å². The second kappa shape index (κ2) is 31.9. The van der Waals surface area contributed by atoms with E-state index in [1.165, 1.54) is 0 Å². The molecule has 28 heteroatoms. The van der Waals surface area contributed by atoms with Crippen LogP contribution in [0.25, 0.3) is 0 Å². The van der Waals surface area contributed by atoms with Gasteiger partial charge in [-0.05, 0) is 0 Å². The Kier molecular flexibility index (Phi) is 71.8. The molecule has 0 aromatic heterocycles. The predicted molar refractivity (Wildman–Crippen MR) is 85.7 cm³/mol. The molecule has 0 fully saturated rings. The average molecular weight is 545 g/mol. The van der Waals surface area contributed by atoms with Crippen molar-refractivity contribution in [1.82, 2.24) is 24.6 Å². The van der Waals surface area contributed by atoms with Gasteiger partial charge in [0.1, 0.15) is 0 Å². The van der Waals surface area contributed by atoms with Crippen molar-refractivity contribution in [2.24, 2.45) is 0 Å². The van der Waals surface area contributed by atoms with Crippen molar-refractivity contribution in [2.45, 2.75) is 0 Å². The third kappa shape index (κ3) is 345000. The van der Waals surface area contributed by atoms with E-state index in [4.69, 9.17) is 82.9 Å². The van der Waals surface area contributed by atoms with E-state index in [0.29, 0.717) is 0 Å². The number of rotatable bonds is 0. The molecule has 0 atom stereocenters. The average Bonchev–Trinajstić information content (AvgIpc) is 1.85. The van der Waals surface area contributed by atoms with Crippen LogP contribution in [0.4, 0.5) is 0 Å². The zero-order valence-electron chi connectivity index (χ0n) is 14.3. The Labute approximate surface area is 189 Å². The van der Waals surface area contributed by atoms with Crippen molar-refractivity contribution in [3.8, 4) is 0 Å². The maximum absolute atomic E-state index is 8.74. The van der Waals surface area contributed by atoms with Crippen LogP contribution < -0.4 is 39.3 Å². The Bertz CT molecular complexity index is 490. The van der Waals surface area contributed by atoms with E-state index >= 15 is 0 Å². The number of hydrogen-bond donors (Lipinski definition) is 8. The van der Waals surface area contributed by atoms with Crippen LogP contribution in [0.3, 0.4) is 0 Å². The smallest absolute Gasteiger partial charge is 0.822 e. The summed E-state index contributed by atoms with van der Waals surface area (Å²) in [4.78, 5) is 33.9. The maximum atomic E-state index is 8.74. The molecule has 23 nitrogen and oxygen atoms in total. The summed E-state index contributed by atoms with van der Waals surface area (Å²) in [7, 11) is -15.2. The van der Waals surface area contributed by atoms with Gasteiger partial charge in [0.15, 0.2) is 0 Å². The quantitative estimate of drug-likeness (QED) is 0.0271. The van der Waals surface area contributed by atoms with Gasteiger partial charge in [0.05, 0.1) is 5.09 Å². The molecule has 28 heavy (non-hydrogen) atoms. The normalized spacial score (nSPS) is 8.36. The third-order valence-corrected chi connectivity index (χ3v) is 0. The molecular weight excluding hydrogens is 525 g/mol. The van der Waals surface area contributed by atoms with Gasteiger partial charge < -0.3 is 68.3 Å². The fourth-order valence-electron chi connectivity index (χ4n) is 0. The van der Waals surface area contributed by atoms with Crippen molar-refractivity contribution in [3.63, 3.8) is 0 Å². The van der Waals surface area contributed by atoms with Gasteiger partial charge in [-0.3, -0.25) is 26.6 Å². The second-order valence-corrected chi connectivity index (χ2v) is 4.83. The fourth-order valence-corrected chi connectivity index (χ4v) is 0. The minimum Gasteiger partial charge on any atom is -0.822 e. The summed E-state index contributed by atoms with van der Waals surface area (Å²) >= 11 is -2.61. The van der Waals surface area contributed by atoms with E-state index in [9.17, 15) is 0 Å². The number of phosphoric acid groups is 1. The molecule has 178 valence electrons. The summed E-state index contributed by atoms with van der Waals surface area (Å²) in [5.74, 6) is 0. The van der Waals surface area contributed by atoms with Crippen LogP contribution in [0, 0.1) is 15.3 Å². The summed E-state index contributed by atoms with van der Waals surface area (Å²) in [5, 5.41) is 14.8. The molecule has 20 N–H and O–H groups in total. The minimum absolute atomic E-state index is 0. The standard InChI is InChI=1S/Ca.NO3.4H3N.H3O4P.2H2O4S.H2O3S/c;2-1(3)4;;;;;3*1-5(2,3)4;1-4(2)3/h;;4*1H3;(H3,1,2,3,4);2*(H2,1,2,3,4);(H2,1,2,3)/q+2;-1;;;;;;;;/p-1. The largest absolute Gasteiger partial charge is 2.00 e. The molecule has 0 amide bonds. The van der Waals surface area contributed by atoms with Crippen LogP contribution in [0.15, 0.2) is 0 Å². The first-order chi connectivity index (χ1) is 9.46. The summed E-state index contributed by atoms with van der Waals surface area (Å²) in [6.07, 6.45) is 0. The van der Waals surface area contributed by atoms with E-state index in [1.807, 2.05) is 0 Å². The molecule has 0 aliphatic heterocycles. The first-order valence-electron chi connectivity index (χ1n) is 3.17. The van der Waals surface area contributed by atoms with E-state index < -0.39 is 45.1 Å². The summed E-state index contributed by atoms with van der Waals surface area (Å²) < 4.78 is 97.0. The monoisotopic (exact) mass is 545 g/mol. The number of quaternary nitrogens is 4. The van der Waals surface area contributed by atoms with Gasteiger partial charge in [-0.25, -0.2) is 0 Å². The van der Waals surface area contributed by atoms with Gasteiger partial charge in [-0.15, -0.1) is 0 Å². The number of nitrogens with zero attached hydrogens (tertiary/aromatic N) is 1. The van der Waals surface area contributed by atoms with Crippen LogP contribution >= 0.6 is 7.82 Å². The molecule has 0 aliphatic rings. The first-order valence-corrected chi connectivity index (χ1v) is 8.43. The molecular formula is H20CaN5O18PS3. The second-order valence-electron chi connectivity index (χ2n) is 1.76. The van der Waals surface area contributed by atoms with Gasteiger partial charge >= 0.3 is 48.1 Å². The topological polar surface area (TPSA) is 511 Å². The molecule has 0 unspecified atom stereocenters. The Morgan fingerprint density at radius 1 is 0.821 bits per heavy atom. The van der Waals surface area contributed by atoms with Gasteiger partial charge in [0.2, 0.25) is 0 Å². The van der Waals surface area contributed by atoms with Crippen molar-refractivity contribution in [2.75, 3.05) is 0 Å². The molecule has 0 radical (unpaired) electrons. The Hall–Kier alpha value is 0.220. The van der Waals surface area contributed by atoms with E-state index in [0.717, 1.165) is 0 Å². The van der Waals surface area contributed by atoms with Crippen LogP contribution in [0.5, 0.6) is 0 Å². The zero-order chi connectivity index (χ0) is 20.7. The molecule has 0 saturated carbocycles. The van der Waals surface area contributed by atoms with Crippen molar-refractivity contribution in [1.29, 1.82) is 0 Å². The molecule has 0 aromatic rings. The van der Waals surface area contributed by atoms with E-state index in [1.54, 1.807) is 0 Å². The van der Waals surface area contributed by atoms with Gasteiger partial charge in [0.25, 0.3) is 11.4 Å². The van der Waals surface area contributed by atoms with Gasteiger partial charge in [0, 0.05) is 10.4 Å². The van der Waals surface area contributed by atoms with E-state index in [2.05, 4.69) is 0 Å². The van der Waals surface area contributed by atoms with Gasteiger partial charge in [-0.2, -0.15) is 20.4 Å². The Morgan fingerprint density at radius 2 is 0.821 bits per heavy atom. The Morgan fingerprint density at radius 3 is 0.821 bits per heavy atom. The van der Waals surface area contributed by atoms with Crippen LogP contribution in [0.2, 0.25) is 0 Å². The molecule has 0 aromatic carbocycles. The summed E-state index contributed by atoms with van der Waals surface area (Å²) in [5.41, 5.74) is 0. The summed E-state index contributed by atoms with van der Waals surface area (Å²) in [6, 6.07) is 0. The van der Waals surface area contributed by atoms with E-state index in [-0.39, 0.29) is 62.3 Å². The predicted octanol–water partition coefficient (Wildman–Crippen LogP) is -4.25. The zero-order valence-corrected chi connectivity index (χ0v) is 19.9.